The molecular weight excluding hydrogens is 344 g/mol. The summed E-state index contributed by atoms with van der Waals surface area (Å²) in [4.78, 5) is 18.2. The lowest BCUT2D eigenvalue weighted by Crippen LogP contribution is -2.31. The lowest BCUT2D eigenvalue weighted by Gasteiger charge is -2.11. The van der Waals surface area contributed by atoms with Crippen LogP contribution in [0.4, 0.5) is 0 Å². The van der Waals surface area contributed by atoms with Gasteiger partial charge in [-0.2, -0.15) is 0 Å². The molecule has 3 heteroatoms. The first-order chi connectivity index (χ1) is 13.7. The van der Waals surface area contributed by atoms with Crippen molar-refractivity contribution in [3.63, 3.8) is 0 Å². The first-order valence-corrected chi connectivity index (χ1v) is 9.27. The predicted molar refractivity (Wildman–Crippen MR) is 116 cm³/mol. The lowest BCUT2D eigenvalue weighted by atomic mass is 9.94. The van der Waals surface area contributed by atoms with Crippen molar-refractivity contribution in [1.82, 2.24) is 9.38 Å². The summed E-state index contributed by atoms with van der Waals surface area (Å²) >= 11 is 0. The average molecular weight is 362 g/mol. The van der Waals surface area contributed by atoms with Crippen molar-refractivity contribution in [2.45, 2.75) is 6.92 Å². The van der Waals surface area contributed by atoms with E-state index in [1.807, 2.05) is 85.8 Å². The number of rotatable bonds is 2. The predicted octanol–water partition coefficient (Wildman–Crippen LogP) is 4.58. The van der Waals surface area contributed by atoms with Gasteiger partial charge >= 0.3 is 0 Å². The molecule has 0 aliphatic heterocycles. The van der Waals surface area contributed by atoms with Crippen molar-refractivity contribution < 1.29 is 0 Å². The second-order valence-electron chi connectivity index (χ2n) is 6.84. The standard InChI is InChI=1S/C25H18N2O/c1-3-18-23-19(16(2)17-10-5-4-6-11-17)12-9-13-20(23)24-26-21-14-7-8-15-22(21)27(24)25(18)28/h3-15H,2H2,1H3/b18-3+. The summed E-state index contributed by atoms with van der Waals surface area (Å²) in [5.74, 6) is 0. The van der Waals surface area contributed by atoms with Gasteiger partial charge in [-0.25, -0.2) is 4.98 Å². The van der Waals surface area contributed by atoms with E-state index in [0.29, 0.717) is 10.9 Å². The van der Waals surface area contributed by atoms with Crippen LogP contribution in [0.1, 0.15) is 18.1 Å². The Morgan fingerprint density at radius 2 is 1.71 bits per heavy atom. The van der Waals surface area contributed by atoms with Gasteiger partial charge < -0.3 is 0 Å². The Balaban J connectivity index is 1.99. The molecule has 0 spiro atoms. The van der Waals surface area contributed by atoms with E-state index in [-0.39, 0.29) is 5.56 Å². The summed E-state index contributed by atoms with van der Waals surface area (Å²) < 4.78 is 1.72. The van der Waals surface area contributed by atoms with E-state index >= 15 is 0 Å². The molecule has 0 radical (unpaired) electrons. The van der Waals surface area contributed by atoms with E-state index in [1.165, 1.54) is 0 Å². The molecule has 0 amide bonds. The molecule has 0 saturated heterocycles. The van der Waals surface area contributed by atoms with E-state index in [1.54, 1.807) is 4.40 Å². The number of benzene rings is 3. The number of fused-ring (bicyclic) bond motifs is 5. The summed E-state index contributed by atoms with van der Waals surface area (Å²) in [5, 5.41) is 2.54. The molecule has 0 bridgehead atoms. The van der Waals surface area contributed by atoms with Crippen molar-refractivity contribution in [3.8, 4) is 0 Å². The zero-order valence-electron chi connectivity index (χ0n) is 15.5. The molecule has 0 saturated carbocycles. The molecule has 3 nitrogen and oxygen atoms in total. The van der Waals surface area contributed by atoms with E-state index in [4.69, 9.17) is 4.98 Å². The van der Waals surface area contributed by atoms with Crippen LogP contribution in [0.5, 0.6) is 0 Å². The van der Waals surface area contributed by atoms with E-state index in [0.717, 1.165) is 38.5 Å². The molecule has 0 N–H and O–H groups in total. The monoisotopic (exact) mass is 362 g/mol. The summed E-state index contributed by atoms with van der Waals surface area (Å²) in [6.45, 7) is 6.24. The number of para-hydroxylation sites is 2. The van der Waals surface area contributed by atoms with Crippen LogP contribution in [0.25, 0.3) is 39.1 Å². The highest BCUT2D eigenvalue weighted by Crippen LogP contribution is 2.29. The molecule has 0 unspecified atom stereocenters. The summed E-state index contributed by atoms with van der Waals surface area (Å²) in [6.07, 6.45) is 1.89. The van der Waals surface area contributed by atoms with Crippen molar-refractivity contribution in [2.75, 3.05) is 0 Å². The average Bonchev–Trinajstić information content (AvgIpc) is 3.14. The zero-order valence-corrected chi connectivity index (χ0v) is 15.5. The van der Waals surface area contributed by atoms with Gasteiger partial charge in [0.05, 0.1) is 11.0 Å². The second kappa shape index (κ2) is 6.17. The molecule has 2 heterocycles. The fourth-order valence-corrected chi connectivity index (χ4v) is 3.98. The third-order valence-electron chi connectivity index (χ3n) is 5.31. The van der Waals surface area contributed by atoms with E-state index in [2.05, 4.69) is 6.58 Å². The molecule has 0 aliphatic carbocycles. The third kappa shape index (κ3) is 2.23. The molecule has 5 rings (SSSR count). The van der Waals surface area contributed by atoms with E-state index < -0.39 is 0 Å². The first-order valence-electron chi connectivity index (χ1n) is 9.27. The summed E-state index contributed by atoms with van der Waals surface area (Å²) in [5.41, 5.74) is 5.19. The largest absolute Gasteiger partial charge is 0.268 e. The number of aromatic nitrogens is 2. The van der Waals surface area contributed by atoms with Gasteiger partial charge in [0, 0.05) is 16.0 Å². The number of imidazole rings is 1. The van der Waals surface area contributed by atoms with Crippen LogP contribution in [0.15, 0.2) is 84.2 Å². The van der Waals surface area contributed by atoms with Crippen LogP contribution in [-0.4, -0.2) is 9.38 Å². The van der Waals surface area contributed by atoms with Crippen molar-refractivity contribution in [1.29, 1.82) is 0 Å². The number of hydrogen-bond acceptors (Lipinski definition) is 2. The first kappa shape index (κ1) is 16.5. The topological polar surface area (TPSA) is 34.4 Å². The van der Waals surface area contributed by atoms with Crippen LogP contribution in [0.2, 0.25) is 0 Å². The maximum absolute atomic E-state index is 13.4. The van der Waals surface area contributed by atoms with E-state index in [9.17, 15) is 4.79 Å². The zero-order chi connectivity index (χ0) is 19.3. The fraction of sp³-hybridized carbons (Fsp3) is 0.0400. The normalized spacial score (nSPS) is 12.2. The lowest BCUT2D eigenvalue weighted by molar-refractivity contribution is 1.15. The maximum Gasteiger partial charge on any atom is 0.264 e. The SMILES string of the molecule is C=C(c1ccccc1)c1cccc2c1/c(=C\C)c(=O)n1c3ccccc3nc21. The van der Waals surface area contributed by atoms with Gasteiger partial charge in [-0.15, -0.1) is 0 Å². The number of nitrogens with zero attached hydrogens (tertiary/aromatic N) is 2. The van der Waals surface area contributed by atoms with Crippen LogP contribution in [0.3, 0.4) is 0 Å². The number of pyridine rings is 1. The van der Waals surface area contributed by atoms with Gasteiger partial charge in [-0.05, 0) is 35.8 Å². The minimum absolute atomic E-state index is 0.0491. The van der Waals surface area contributed by atoms with Gasteiger partial charge in [0.2, 0.25) is 0 Å². The third-order valence-corrected chi connectivity index (χ3v) is 5.31. The maximum atomic E-state index is 13.4. The minimum atomic E-state index is -0.0491. The fourth-order valence-electron chi connectivity index (χ4n) is 3.98. The summed E-state index contributed by atoms with van der Waals surface area (Å²) in [6, 6.07) is 23.9. The Labute approximate surface area is 161 Å². The molecule has 0 atom stereocenters. The Bertz CT molecular complexity index is 1490. The smallest absolute Gasteiger partial charge is 0.264 e. The van der Waals surface area contributed by atoms with Crippen molar-refractivity contribution in [2.24, 2.45) is 0 Å². The Kier molecular flexibility index (Phi) is 3.63. The van der Waals surface area contributed by atoms with Gasteiger partial charge in [0.15, 0.2) is 0 Å². The highest BCUT2D eigenvalue weighted by atomic mass is 16.1. The second-order valence-corrected chi connectivity index (χ2v) is 6.84. The van der Waals surface area contributed by atoms with Crippen molar-refractivity contribution >= 4 is 39.1 Å². The van der Waals surface area contributed by atoms with Crippen LogP contribution in [0, 0.1) is 0 Å². The van der Waals surface area contributed by atoms with Gasteiger partial charge in [-0.1, -0.05) is 73.3 Å². The highest BCUT2D eigenvalue weighted by molar-refractivity contribution is 6.05. The molecule has 134 valence electrons. The van der Waals surface area contributed by atoms with Crippen LogP contribution < -0.4 is 10.8 Å². The molecule has 28 heavy (non-hydrogen) atoms. The molecule has 0 fully saturated rings. The Morgan fingerprint density at radius 3 is 2.50 bits per heavy atom. The van der Waals surface area contributed by atoms with Gasteiger partial charge in [-0.3, -0.25) is 9.20 Å². The Hall–Kier alpha value is -3.72. The van der Waals surface area contributed by atoms with Gasteiger partial charge in [0.1, 0.15) is 5.65 Å². The molecule has 2 aromatic heterocycles. The van der Waals surface area contributed by atoms with Crippen LogP contribution in [-0.2, 0) is 0 Å². The van der Waals surface area contributed by atoms with Crippen LogP contribution >= 0.6 is 0 Å². The molecule has 3 aromatic carbocycles. The number of hydrogen-bond donors (Lipinski definition) is 0. The quantitative estimate of drug-likeness (QED) is 0.461. The van der Waals surface area contributed by atoms with Crippen molar-refractivity contribution in [3.05, 3.63) is 106 Å². The highest BCUT2D eigenvalue weighted by Gasteiger charge is 2.16. The van der Waals surface area contributed by atoms with Gasteiger partial charge in [0.25, 0.3) is 5.56 Å². The Morgan fingerprint density at radius 1 is 0.964 bits per heavy atom. The molecule has 5 aromatic rings. The molecular formula is C25H18N2O. The molecule has 0 aliphatic rings. The minimum Gasteiger partial charge on any atom is -0.268 e. The summed E-state index contributed by atoms with van der Waals surface area (Å²) in [7, 11) is 0.